The zero-order valence-electron chi connectivity index (χ0n) is 12.8. The van der Waals surface area contributed by atoms with E-state index in [0.717, 1.165) is 12.1 Å². The van der Waals surface area contributed by atoms with Gasteiger partial charge in [-0.3, -0.25) is 19.7 Å². The van der Waals surface area contributed by atoms with E-state index in [9.17, 15) is 33.3 Å². The average Bonchev–Trinajstić information content (AvgIpc) is 2.53. The Balaban J connectivity index is 2.45. The highest BCUT2D eigenvalue weighted by molar-refractivity contribution is 5.94. The molecule has 0 radical (unpaired) electrons. The number of halogens is 2. The van der Waals surface area contributed by atoms with Crippen LogP contribution in [-0.4, -0.2) is 46.8 Å². The summed E-state index contributed by atoms with van der Waals surface area (Å²) in [6.07, 6.45) is -4.22. The maximum Gasteiger partial charge on any atom is 0.326 e. The molecule has 0 saturated carbocycles. The molecule has 0 spiro atoms. The van der Waals surface area contributed by atoms with Crippen LogP contribution in [0, 0.1) is 10.1 Å². The third-order valence-corrected chi connectivity index (χ3v) is 3.03. The predicted octanol–water partition coefficient (Wildman–Crippen LogP) is 0.939. The lowest BCUT2D eigenvalue weighted by Crippen LogP contribution is -2.43. The van der Waals surface area contributed by atoms with Crippen molar-refractivity contribution in [2.24, 2.45) is 0 Å². The number of carbonyl (C=O) groups excluding carboxylic acids is 2. The Hall–Kier alpha value is -3.11. The minimum absolute atomic E-state index is 0.132. The van der Waals surface area contributed by atoms with Crippen molar-refractivity contribution in [1.29, 1.82) is 0 Å². The maximum absolute atomic E-state index is 12.2. The summed E-state index contributed by atoms with van der Waals surface area (Å²) in [6.45, 7) is -0.164. The van der Waals surface area contributed by atoms with Crippen molar-refractivity contribution in [1.82, 2.24) is 10.6 Å². The molecule has 3 N–H and O–H groups in total. The van der Waals surface area contributed by atoms with Gasteiger partial charge in [-0.05, 0) is 12.1 Å². The fourth-order valence-corrected chi connectivity index (χ4v) is 1.79. The van der Waals surface area contributed by atoms with Gasteiger partial charge >= 0.3 is 5.97 Å². The highest BCUT2D eigenvalue weighted by atomic mass is 19.3. The number of nitrogens with zero attached hydrogens (tertiary/aromatic N) is 1. The number of alkyl halides is 2. The van der Waals surface area contributed by atoms with Crippen LogP contribution in [0.1, 0.15) is 23.2 Å². The van der Waals surface area contributed by atoms with Crippen molar-refractivity contribution in [3.8, 4) is 0 Å². The van der Waals surface area contributed by atoms with Gasteiger partial charge in [0.25, 0.3) is 11.6 Å². The van der Waals surface area contributed by atoms with Crippen molar-refractivity contribution in [2.45, 2.75) is 25.3 Å². The first kappa shape index (κ1) is 19.9. The molecule has 0 aliphatic carbocycles. The van der Waals surface area contributed by atoms with E-state index in [1.165, 1.54) is 12.1 Å². The molecule has 1 atom stereocenters. The fraction of sp³-hybridized carbons (Fsp3) is 0.357. The van der Waals surface area contributed by atoms with Crippen LogP contribution in [0.25, 0.3) is 0 Å². The number of carboxylic acid groups (broad SMARTS) is 1. The summed E-state index contributed by atoms with van der Waals surface area (Å²) < 4.78 is 24.4. The number of carboxylic acids is 1. The first-order valence-corrected chi connectivity index (χ1v) is 7.03. The number of non-ortho nitro benzene ring substituents is 1. The average molecular weight is 359 g/mol. The predicted molar refractivity (Wildman–Crippen MR) is 80.2 cm³/mol. The Morgan fingerprint density at radius 3 is 2.28 bits per heavy atom. The molecule has 0 saturated heterocycles. The summed E-state index contributed by atoms with van der Waals surface area (Å²) in [5.74, 6) is -2.98. The number of nitro groups is 1. The lowest BCUT2D eigenvalue weighted by atomic mass is 10.2. The Morgan fingerprint density at radius 1 is 1.20 bits per heavy atom. The van der Waals surface area contributed by atoms with E-state index < -0.39 is 41.6 Å². The van der Waals surface area contributed by atoms with E-state index in [1.807, 2.05) is 5.32 Å². The van der Waals surface area contributed by atoms with Gasteiger partial charge in [-0.2, -0.15) is 0 Å². The van der Waals surface area contributed by atoms with Crippen LogP contribution in [0.3, 0.4) is 0 Å². The van der Waals surface area contributed by atoms with Crippen LogP contribution in [0.4, 0.5) is 14.5 Å². The third-order valence-electron chi connectivity index (χ3n) is 3.03. The van der Waals surface area contributed by atoms with Gasteiger partial charge in [0.1, 0.15) is 6.04 Å². The standard InChI is InChI=1S/C14H15F2N3O6/c15-11(16)7-10(14(22)23)18-12(20)5-6-17-13(21)8-1-3-9(4-2-8)19(24)25/h1-4,10-11H,5-7H2,(H,17,21)(H,18,20)(H,22,23). The molecule has 0 fully saturated rings. The molecule has 1 unspecified atom stereocenters. The number of nitro benzene ring substituents is 1. The van der Waals surface area contributed by atoms with Crippen molar-refractivity contribution in [2.75, 3.05) is 6.54 Å². The molecule has 1 aromatic carbocycles. The topological polar surface area (TPSA) is 139 Å². The number of rotatable bonds is 9. The maximum atomic E-state index is 12.2. The smallest absolute Gasteiger partial charge is 0.326 e. The first-order valence-electron chi connectivity index (χ1n) is 7.03. The molecule has 2 amide bonds. The van der Waals surface area contributed by atoms with Crippen LogP contribution >= 0.6 is 0 Å². The zero-order chi connectivity index (χ0) is 19.0. The lowest BCUT2D eigenvalue weighted by Gasteiger charge is -2.14. The van der Waals surface area contributed by atoms with Crippen molar-refractivity contribution in [3.63, 3.8) is 0 Å². The highest BCUT2D eigenvalue weighted by Crippen LogP contribution is 2.11. The van der Waals surface area contributed by atoms with E-state index >= 15 is 0 Å². The van der Waals surface area contributed by atoms with E-state index in [4.69, 9.17) is 5.11 Å². The molecule has 0 aliphatic rings. The van der Waals surface area contributed by atoms with Crippen molar-refractivity contribution in [3.05, 3.63) is 39.9 Å². The second kappa shape index (κ2) is 9.25. The van der Waals surface area contributed by atoms with Gasteiger partial charge in [0.2, 0.25) is 12.3 Å². The fourth-order valence-electron chi connectivity index (χ4n) is 1.79. The zero-order valence-corrected chi connectivity index (χ0v) is 12.8. The number of aliphatic carboxylic acids is 1. The van der Waals surface area contributed by atoms with E-state index in [2.05, 4.69) is 5.32 Å². The Bertz CT molecular complexity index is 650. The molecular formula is C14H15F2N3O6. The molecule has 1 rings (SSSR count). The summed E-state index contributed by atoms with van der Waals surface area (Å²) >= 11 is 0. The van der Waals surface area contributed by atoms with Crippen LogP contribution in [0.5, 0.6) is 0 Å². The number of benzene rings is 1. The summed E-state index contributed by atoms with van der Waals surface area (Å²) in [5.41, 5.74) is -0.0539. The summed E-state index contributed by atoms with van der Waals surface area (Å²) in [4.78, 5) is 43.9. The number of hydrogen-bond acceptors (Lipinski definition) is 5. The van der Waals surface area contributed by atoms with Gasteiger partial charge < -0.3 is 15.7 Å². The van der Waals surface area contributed by atoms with E-state index in [0.29, 0.717) is 0 Å². The largest absolute Gasteiger partial charge is 0.480 e. The quantitative estimate of drug-likeness (QED) is 0.443. The van der Waals surface area contributed by atoms with Gasteiger partial charge in [0.15, 0.2) is 0 Å². The molecule has 0 aliphatic heterocycles. The Morgan fingerprint density at radius 2 is 1.80 bits per heavy atom. The van der Waals surface area contributed by atoms with Crippen LogP contribution < -0.4 is 10.6 Å². The minimum atomic E-state index is -2.89. The van der Waals surface area contributed by atoms with Crippen LogP contribution in [0.15, 0.2) is 24.3 Å². The van der Waals surface area contributed by atoms with Gasteiger partial charge in [-0.25, -0.2) is 13.6 Å². The summed E-state index contributed by atoms with van der Waals surface area (Å²) in [6, 6.07) is 3.04. The van der Waals surface area contributed by atoms with Crippen molar-refractivity contribution < 1.29 is 33.2 Å². The van der Waals surface area contributed by atoms with Gasteiger partial charge in [0, 0.05) is 37.1 Å². The lowest BCUT2D eigenvalue weighted by molar-refractivity contribution is -0.384. The molecule has 0 bridgehead atoms. The molecule has 0 aromatic heterocycles. The molecule has 25 heavy (non-hydrogen) atoms. The van der Waals surface area contributed by atoms with Crippen LogP contribution in [0.2, 0.25) is 0 Å². The molecule has 9 nitrogen and oxygen atoms in total. The van der Waals surface area contributed by atoms with Crippen LogP contribution in [-0.2, 0) is 9.59 Å². The molecule has 136 valence electrons. The minimum Gasteiger partial charge on any atom is -0.480 e. The van der Waals surface area contributed by atoms with E-state index in [-0.39, 0.29) is 24.2 Å². The molecule has 11 heteroatoms. The first-order chi connectivity index (χ1) is 11.7. The van der Waals surface area contributed by atoms with E-state index in [1.54, 1.807) is 0 Å². The second-order valence-electron chi connectivity index (χ2n) is 4.90. The highest BCUT2D eigenvalue weighted by Gasteiger charge is 2.23. The number of amides is 2. The van der Waals surface area contributed by atoms with Crippen molar-refractivity contribution >= 4 is 23.5 Å². The number of nitrogens with one attached hydrogen (secondary N) is 2. The monoisotopic (exact) mass is 359 g/mol. The summed E-state index contributed by atoms with van der Waals surface area (Å²) in [5, 5.41) is 23.5. The number of carbonyl (C=O) groups is 3. The van der Waals surface area contributed by atoms with Gasteiger partial charge in [-0.15, -0.1) is 0 Å². The van der Waals surface area contributed by atoms with Gasteiger partial charge in [0.05, 0.1) is 4.92 Å². The molecule has 0 heterocycles. The Kier molecular flexibility index (Phi) is 7.38. The molecular weight excluding hydrogens is 344 g/mol. The third kappa shape index (κ3) is 6.89. The molecule has 1 aromatic rings. The second-order valence-corrected chi connectivity index (χ2v) is 4.90. The SMILES string of the molecule is O=C(CCNC(=O)c1ccc([N+](=O)[O-])cc1)NC(CC(F)F)C(=O)O. The number of hydrogen-bond donors (Lipinski definition) is 3. The normalized spacial score (nSPS) is 11.6. The Labute approximate surface area is 140 Å². The van der Waals surface area contributed by atoms with Gasteiger partial charge in [-0.1, -0.05) is 0 Å². The summed E-state index contributed by atoms with van der Waals surface area (Å²) in [7, 11) is 0.